The number of rotatable bonds is 5. The molecule has 0 bridgehead atoms. The second-order valence-electron chi connectivity index (χ2n) is 5.97. The van der Waals surface area contributed by atoms with Gasteiger partial charge in [-0.15, -0.1) is 0 Å². The highest BCUT2D eigenvalue weighted by Gasteiger charge is 2.34. The van der Waals surface area contributed by atoms with Crippen LogP contribution in [0.25, 0.3) is 0 Å². The molecule has 1 aliphatic rings. The lowest BCUT2D eigenvalue weighted by molar-refractivity contribution is -0.136. The number of amides is 2. The van der Waals surface area contributed by atoms with E-state index in [4.69, 9.17) is 0 Å². The molecule has 1 N–H and O–H groups in total. The Kier molecular flexibility index (Phi) is 5.41. The summed E-state index contributed by atoms with van der Waals surface area (Å²) in [5.41, 5.74) is 2.12. The van der Waals surface area contributed by atoms with Crippen LogP contribution in [0.15, 0.2) is 24.3 Å². The first-order valence-corrected chi connectivity index (χ1v) is 9.39. The third kappa shape index (κ3) is 5.06. The van der Waals surface area contributed by atoms with Crippen molar-refractivity contribution in [2.75, 3.05) is 18.1 Å². The Morgan fingerprint density at radius 3 is 2.43 bits per heavy atom. The molecule has 1 fully saturated rings. The standard InChI is InChI=1S/C16H22N2O4S/c1-12-3-5-14(6-4-12)9-17-16(20)10-18(13(2)19)15-7-8-23(21,22)11-15/h3-6,15H,7-11H2,1-2H3,(H,17,20). The lowest BCUT2D eigenvalue weighted by Crippen LogP contribution is -2.45. The molecule has 1 atom stereocenters. The molecule has 0 saturated carbocycles. The zero-order valence-corrected chi connectivity index (χ0v) is 14.2. The van der Waals surface area contributed by atoms with Gasteiger partial charge in [-0.1, -0.05) is 29.8 Å². The van der Waals surface area contributed by atoms with E-state index in [0.717, 1.165) is 11.1 Å². The summed E-state index contributed by atoms with van der Waals surface area (Å²) in [6, 6.07) is 7.39. The van der Waals surface area contributed by atoms with Crippen LogP contribution in [0, 0.1) is 6.92 Å². The fraction of sp³-hybridized carbons (Fsp3) is 0.500. The van der Waals surface area contributed by atoms with Gasteiger partial charge in [-0.05, 0) is 18.9 Å². The average molecular weight is 338 g/mol. The Morgan fingerprint density at radius 2 is 1.91 bits per heavy atom. The minimum absolute atomic E-state index is 0.0577. The minimum atomic E-state index is -3.09. The van der Waals surface area contributed by atoms with Crippen molar-refractivity contribution >= 4 is 21.7 Å². The first-order chi connectivity index (χ1) is 10.8. The highest BCUT2D eigenvalue weighted by Crippen LogP contribution is 2.17. The summed E-state index contributed by atoms with van der Waals surface area (Å²) in [5.74, 6) is -0.549. The van der Waals surface area contributed by atoms with Gasteiger partial charge in [0.15, 0.2) is 9.84 Å². The fourth-order valence-electron chi connectivity index (χ4n) is 2.64. The first-order valence-electron chi connectivity index (χ1n) is 7.57. The second-order valence-corrected chi connectivity index (χ2v) is 8.19. The lowest BCUT2D eigenvalue weighted by Gasteiger charge is -2.26. The van der Waals surface area contributed by atoms with Gasteiger partial charge < -0.3 is 10.2 Å². The summed E-state index contributed by atoms with van der Waals surface area (Å²) in [5, 5.41) is 2.77. The number of aryl methyl sites for hydroxylation is 1. The maximum absolute atomic E-state index is 12.1. The van der Waals surface area contributed by atoms with Crippen molar-refractivity contribution in [1.82, 2.24) is 10.2 Å². The minimum Gasteiger partial charge on any atom is -0.350 e. The van der Waals surface area contributed by atoms with E-state index in [1.807, 2.05) is 31.2 Å². The van der Waals surface area contributed by atoms with Crippen molar-refractivity contribution in [3.8, 4) is 0 Å². The Bertz CT molecular complexity index is 683. The predicted molar refractivity (Wildman–Crippen MR) is 87.5 cm³/mol. The zero-order chi connectivity index (χ0) is 17.0. The Morgan fingerprint density at radius 1 is 1.26 bits per heavy atom. The summed E-state index contributed by atoms with van der Waals surface area (Å²) in [6.07, 6.45) is 0.396. The number of benzene rings is 1. The van der Waals surface area contributed by atoms with Crippen LogP contribution in [0.3, 0.4) is 0 Å². The molecule has 1 unspecified atom stereocenters. The normalized spacial score (nSPS) is 19.3. The smallest absolute Gasteiger partial charge is 0.239 e. The highest BCUT2D eigenvalue weighted by molar-refractivity contribution is 7.91. The number of hydrogen-bond acceptors (Lipinski definition) is 4. The zero-order valence-electron chi connectivity index (χ0n) is 13.4. The number of nitrogens with one attached hydrogen (secondary N) is 1. The first kappa shape index (κ1) is 17.5. The molecule has 126 valence electrons. The number of carbonyl (C=O) groups is 2. The van der Waals surface area contributed by atoms with Crippen LogP contribution in [0.5, 0.6) is 0 Å². The van der Waals surface area contributed by atoms with Gasteiger partial charge in [0, 0.05) is 19.5 Å². The largest absolute Gasteiger partial charge is 0.350 e. The van der Waals surface area contributed by atoms with Gasteiger partial charge in [0.2, 0.25) is 11.8 Å². The molecule has 2 amide bonds. The Labute approximate surface area is 136 Å². The van der Waals surface area contributed by atoms with Crippen molar-refractivity contribution in [3.63, 3.8) is 0 Å². The van der Waals surface area contributed by atoms with E-state index in [9.17, 15) is 18.0 Å². The van der Waals surface area contributed by atoms with Crippen LogP contribution in [-0.2, 0) is 26.0 Å². The van der Waals surface area contributed by atoms with Gasteiger partial charge in [0.05, 0.1) is 18.1 Å². The molecule has 1 aliphatic heterocycles. The molecule has 0 spiro atoms. The lowest BCUT2D eigenvalue weighted by atomic mass is 10.1. The van der Waals surface area contributed by atoms with E-state index >= 15 is 0 Å². The van der Waals surface area contributed by atoms with Crippen LogP contribution >= 0.6 is 0 Å². The van der Waals surface area contributed by atoms with Crippen molar-refractivity contribution in [1.29, 1.82) is 0 Å². The quantitative estimate of drug-likeness (QED) is 0.854. The molecule has 7 heteroatoms. The summed E-state index contributed by atoms with van der Waals surface area (Å²) in [6.45, 7) is 3.62. The molecule has 2 rings (SSSR count). The van der Waals surface area contributed by atoms with E-state index in [-0.39, 0.29) is 29.9 Å². The molecule has 1 heterocycles. The predicted octanol–water partition coefficient (Wildman–Crippen LogP) is 0.647. The molecule has 0 aromatic heterocycles. The maximum Gasteiger partial charge on any atom is 0.239 e. The van der Waals surface area contributed by atoms with Crippen LogP contribution < -0.4 is 5.32 Å². The Balaban J connectivity index is 1.91. The van der Waals surface area contributed by atoms with E-state index in [1.165, 1.54) is 11.8 Å². The van der Waals surface area contributed by atoms with Gasteiger partial charge in [-0.3, -0.25) is 9.59 Å². The fourth-order valence-corrected chi connectivity index (χ4v) is 4.37. The molecular formula is C16H22N2O4S. The van der Waals surface area contributed by atoms with E-state index in [0.29, 0.717) is 13.0 Å². The third-order valence-corrected chi connectivity index (χ3v) is 5.73. The molecule has 0 radical (unpaired) electrons. The van der Waals surface area contributed by atoms with Crippen LogP contribution in [0.2, 0.25) is 0 Å². The third-order valence-electron chi connectivity index (χ3n) is 3.98. The van der Waals surface area contributed by atoms with E-state index in [1.54, 1.807) is 0 Å². The number of hydrogen-bond donors (Lipinski definition) is 1. The molecular weight excluding hydrogens is 316 g/mol. The van der Waals surface area contributed by atoms with Crippen molar-refractivity contribution < 1.29 is 18.0 Å². The number of sulfone groups is 1. The number of nitrogens with zero attached hydrogens (tertiary/aromatic N) is 1. The van der Waals surface area contributed by atoms with Gasteiger partial charge >= 0.3 is 0 Å². The van der Waals surface area contributed by atoms with E-state index in [2.05, 4.69) is 5.32 Å². The van der Waals surface area contributed by atoms with Gasteiger partial charge in [0.1, 0.15) is 0 Å². The summed E-state index contributed by atoms with van der Waals surface area (Å²) < 4.78 is 23.1. The SMILES string of the molecule is CC(=O)N(CC(=O)NCc1ccc(C)cc1)C1CCS(=O)(=O)C1. The monoisotopic (exact) mass is 338 g/mol. The molecule has 0 aliphatic carbocycles. The molecule has 1 aromatic carbocycles. The number of carbonyl (C=O) groups excluding carboxylic acids is 2. The topological polar surface area (TPSA) is 83.6 Å². The summed E-state index contributed by atoms with van der Waals surface area (Å²) in [7, 11) is -3.09. The second kappa shape index (κ2) is 7.12. The van der Waals surface area contributed by atoms with E-state index < -0.39 is 15.9 Å². The van der Waals surface area contributed by atoms with Crippen LogP contribution in [0.1, 0.15) is 24.5 Å². The van der Waals surface area contributed by atoms with Crippen molar-refractivity contribution in [2.45, 2.75) is 32.9 Å². The maximum atomic E-state index is 12.1. The molecule has 23 heavy (non-hydrogen) atoms. The van der Waals surface area contributed by atoms with Gasteiger partial charge in [-0.2, -0.15) is 0 Å². The van der Waals surface area contributed by atoms with Crippen LogP contribution in [-0.4, -0.2) is 49.2 Å². The molecule has 1 saturated heterocycles. The summed E-state index contributed by atoms with van der Waals surface area (Å²) >= 11 is 0. The highest BCUT2D eigenvalue weighted by atomic mass is 32.2. The van der Waals surface area contributed by atoms with Gasteiger partial charge in [-0.25, -0.2) is 8.42 Å². The Hall–Kier alpha value is -1.89. The molecule has 1 aromatic rings. The summed E-state index contributed by atoms with van der Waals surface area (Å²) in [4.78, 5) is 25.2. The van der Waals surface area contributed by atoms with Crippen molar-refractivity contribution in [3.05, 3.63) is 35.4 Å². The molecule has 6 nitrogen and oxygen atoms in total. The average Bonchev–Trinajstić information content (AvgIpc) is 2.83. The van der Waals surface area contributed by atoms with Gasteiger partial charge in [0.25, 0.3) is 0 Å². The van der Waals surface area contributed by atoms with Crippen LogP contribution in [0.4, 0.5) is 0 Å². The van der Waals surface area contributed by atoms with Crippen molar-refractivity contribution in [2.24, 2.45) is 0 Å².